The quantitative estimate of drug-likeness (QED) is 0.762. The molecule has 118 valence electrons. The highest BCUT2D eigenvalue weighted by Gasteiger charge is 2.41. The normalized spacial score (nSPS) is 14.4. The van der Waals surface area contributed by atoms with Crippen molar-refractivity contribution in [1.82, 2.24) is 10.2 Å². The Balaban J connectivity index is 0. The molecule has 0 spiro atoms. The molecule has 1 amide bonds. The minimum absolute atomic E-state index is 0.169. The summed E-state index contributed by atoms with van der Waals surface area (Å²) in [6.45, 7) is 18.4. The molecule has 5 heteroatoms. The summed E-state index contributed by atoms with van der Waals surface area (Å²) < 4.78 is 4.72. The Morgan fingerprint density at radius 1 is 1.40 bits per heavy atom. The Bertz CT molecular complexity index is 297. The lowest BCUT2D eigenvalue weighted by molar-refractivity contribution is -0.0782. The molecule has 0 aromatic carbocycles. The number of nitrogens with one attached hydrogen (secondary N) is 1. The van der Waals surface area contributed by atoms with E-state index in [0.717, 1.165) is 5.70 Å². The van der Waals surface area contributed by atoms with E-state index in [9.17, 15) is 9.90 Å². The van der Waals surface area contributed by atoms with Gasteiger partial charge in [-0.05, 0) is 6.92 Å². The van der Waals surface area contributed by atoms with Crippen molar-refractivity contribution in [2.24, 2.45) is 0 Å². The number of aliphatic hydroxyl groups is 1. The summed E-state index contributed by atoms with van der Waals surface area (Å²) in [7, 11) is 0. The number of amides is 1. The van der Waals surface area contributed by atoms with E-state index >= 15 is 0 Å². The van der Waals surface area contributed by atoms with Gasteiger partial charge in [0.25, 0.3) is 0 Å². The minimum Gasteiger partial charge on any atom is -0.445 e. The van der Waals surface area contributed by atoms with Crippen molar-refractivity contribution in [3.8, 4) is 0 Å². The summed E-state index contributed by atoms with van der Waals surface area (Å²) in [6.07, 6.45) is 0.947. The van der Waals surface area contributed by atoms with Crippen LogP contribution in [0.3, 0.4) is 0 Å². The highest BCUT2D eigenvalue weighted by Crippen LogP contribution is 2.23. The van der Waals surface area contributed by atoms with Gasteiger partial charge in [-0.1, -0.05) is 46.9 Å². The first-order valence-electron chi connectivity index (χ1n) is 7.11. The van der Waals surface area contributed by atoms with E-state index in [1.807, 2.05) is 39.5 Å². The van der Waals surface area contributed by atoms with Crippen LogP contribution in [-0.4, -0.2) is 47.9 Å². The van der Waals surface area contributed by atoms with Crippen molar-refractivity contribution >= 4 is 6.09 Å². The second-order valence-electron chi connectivity index (χ2n) is 4.06. The zero-order valence-corrected chi connectivity index (χ0v) is 13.5. The number of carbonyl (C=O) groups is 1. The summed E-state index contributed by atoms with van der Waals surface area (Å²) >= 11 is 0. The predicted octanol–water partition coefficient (Wildman–Crippen LogP) is 2.53. The average molecular weight is 286 g/mol. The lowest BCUT2D eigenvalue weighted by Gasteiger charge is -2.47. The molecule has 0 aromatic rings. The first-order valence-corrected chi connectivity index (χ1v) is 7.11. The van der Waals surface area contributed by atoms with Gasteiger partial charge in [0.05, 0.1) is 6.54 Å². The third-order valence-corrected chi connectivity index (χ3v) is 2.40. The van der Waals surface area contributed by atoms with Gasteiger partial charge >= 0.3 is 6.09 Å². The molecule has 5 nitrogen and oxygen atoms in total. The van der Waals surface area contributed by atoms with Crippen molar-refractivity contribution in [2.75, 3.05) is 26.2 Å². The SMILES string of the molecule is C=CCOC(=O)NCC1(O)CN(C(=C)C)C1.CC.CC. The molecule has 1 aliphatic heterocycles. The number of allylic oxidation sites excluding steroid dienone is 1. The summed E-state index contributed by atoms with van der Waals surface area (Å²) in [6, 6.07) is 0. The summed E-state index contributed by atoms with van der Waals surface area (Å²) in [5.74, 6) is 0. The summed E-state index contributed by atoms with van der Waals surface area (Å²) in [5, 5.41) is 12.4. The Morgan fingerprint density at radius 3 is 2.30 bits per heavy atom. The fourth-order valence-electron chi connectivity index (χ4n) is 1.47. The zero-order valence-electron chi connectivity index (χ0n) is 13.5. The molecule has 0 radical (unpaired) electrons. The number of hydrogen-bond donors (Lipinski definition) is 2. The Kier molecular flexibility index (Phi) is 11.8. The molecule has 2 N–H and O–H groups in total. The second-order valence-corrected chi connectivity index (χ2v) is 4.06. The van der Waals surface area contributed by atoms with Gasteiger partial charge in [0, 0.05) is 18.8 Å². The van der Waals surface area contributed by atoms with Gasteiger partial charge in [-0.2, -0.15) is 0 Å². The monoisotopic (exact) mass is 286 g/mol. The van der Waals surface area contributed by atoms with Crippen LogP contribution in [0.4, 0.5) is 4.79 Å². The number of nitrogens with zero attached hydrogens (tertiary/aromatic N) is 1. The van der Waals surface area contributed by atoms with Crippen LogP contribution in [0, 0.1) is 0 Å². The first-order chi connectivity index (χ1) is 9.47. The molecule has 1 rings (SSSR count). The Labute approximate surface area is 123 Å². The van der Waals surface area contributed by atoms with Crippen LogP contribution in [-0.2, 0) is 4.74 Å². The number of rotatable bonds is 5. The van der Waals surface area contributed by atoms with E-state index in [-0.39, 0.29) is 13.2 Å². The molecular formula is C15H30N2O3. The average Bonchev–Trinajstić information content (AvgIpc) is 2.44. The number of ether oxygens (including phenoxy) is 1. The number of β-amino-alcohol motifs (C(OH)–C–C–N with tert-alkyl or cyclic N) is 1. The molecule has 0 unspecified atom stereocenters. The fourth-order valence-corrected chi connectivity index (χ4v) is 1.47. The van der Waals surface area contributed by atoms with Crippen LogP contribution in [0.25, 0.3) is 0 Å². The highest BCUT2D eigenvalue weighted by molar-refractivity contribution is 5.67. The molecule has 0 atom stereocenters. The van der Waals surface area contributed by atoms with Crippen molar-refractivity contribution < 1.29 is 14.6 Å². The Morgan fingerprint density at radius 2 is 1.90 bits per heavy atom. The molecule has 0 bridgehead atoms. The molecule has 1 saturated heterocycles. The number of carbonyl (C=O) groups excluding carboxylic acids is 1. The van der Waals surface area contributed by atoms with Crippen LogP contribution in [0.5, 0.6) is 0 Å². The zero-order chi connectivity index (χ0) is 16.2. The molecule has 1 heterocycles. The third-order valence-electron chi connectivity index (χ3n) is 2.40. The molecule has 0 aliphatic carbocycles. The first kappa shape index (κ1) is 20.8. The highest BCUT2D eigenvalue weighted by atomic mass is 16.5. The van der Waals surface area contributed by atoms with Crippen LogP contribution in [0.1, 0.15) is 34.6 Å². The van der Waals surface area contributed by atoms with E-state index < -0.39 is 11.7 Å². The van der Waals surface area contributed by atoms with E-state index in [1.165, 1.54) is 6.08 Å². The largest absolute Gasteiger partial charge is 0.445 e. The van der Waals surface area contributed by atoms with E-state index in [4.69, 9.17) is 4.74 Å². The van der Waals surface area contributed by atoms with Crippen molar-refractivity contribution in [3.05, 3.63) is 24.9 Å². The maximum atomic E-state index is 11.1. The van der Waals surface area contributed by atoms with Crippen LogP contribution >= 0.6 is 0 Å². The topological polar surface area (TPSA) is 61.8 Å². The van der Waals surface area contributed by atoms with Crippen LogP contribution in [0.2, 0.25) is 0 Å². The van der Waals surface area contributed by atoms with Gasteiger partial charge in [-0.15, -0.1) is 0 Å². The van der Waals surface area contributed by atoms with Gasteiger partial charge in [0.1, 0.15) is 12.2 Å². The van der Waals surface area contributed by atoms with Crippen molar-refractivity contribution in [1.29, 1.82) is 0 Å². The molecular weight excluding hydrogens is 256 g/mol. The Hall–Kier alpha value is -1.49. The fraction of sp³-hybridized carbons (Fsp3) is 0.667. The van der Waals surface area contributed by atoms with Gasteiger partial charge in [0.2, 0.25) is 0 Å². The molecule has 20 heavy (non-hydrogen) atoms. The number of hydrogen-bond acceptors (Lipinski definition) is 4. The van der Waals surface area contributed by atoms with Gasteiger partial charge in [-0.25, -0.2) is 4.79 Å². The van der Waals surface area contributed by atoms with Crippen LogP contribution in [0.15, 0.2) is 24.9 Å². The maximum Gasteiger partial charge on any atom is 0.407 e. The predicted molar refractivity (Wildman–Crippen MR) is 83.6 cm³/mol. The third kappa shape index (κ3) is 7.84. The minimum atomic E-state index is -0.869. The number of likely N-dealkylation sites (tertiary alicyclic amines) is 1. The summed E-state index contributed by atoms with van der Waals surface area (Å²) in [4.78, 5) is 13.0. The number of alkyl carbamates (subject to hydrolysis) is 1. The molecule has 1 aliphatic rings. The van der Waals surface area contributed by atoms with E-state index in [2.05, 4.69) is 18.5 Å². The van der Waals surface area contributed by atoms with E-state index in [1.54, 1.807) is 0 Å². The smallest absolute Gasteiger partial charge is 0.407 e. The lowest BCUT2D eigenvalue weighted by atomic mass is 9.94. The second kappa shape index (κ2) is 11.3. The lowest BCUT2D eigenvalue weighted by Crippen LogP contribution is -2.65. The summed E-state index contributed by atoms with van der Waals surface area (Å²) in [5.41, 5.74) is 0.0468. The van der Waals surface area contributed by atoms with E-state index in [0.29, 0.717) is 13.1 Å². The molecule has 0 saturated carbocycles. The van der Waals surface area contributed by atoms with Gasteiger partial charge in [-0.3, -0.25) is 0 Å². The standard InChI is InChI=1S/C11H18N2O3.2C2H6/c1-4-5-16-10(14)12-6-11(15)7-13(8-11)9(2)3;2*1-2/h4,15H,1-2,5-8H2,3H3,(H,12,14);2*1-2H3. The van der Waals surface area contributed by atoms with Gasteiger partial charge in [0.15, 0.2) is 0 Å². The van der Waals surface area contributed by atoms with Crippen molar-refractivity contribution in [2.45, 2.75) is 40.2 Å². The molecule has 0 aromatic heterocycles. The van der Waals surface area contributed by atoms with Gasteiger partial charge < -0.3 is 20.1 Å². The molecule has 1 fully saturated rings. The van der Waals surface area contributed by atoms with Crippen LogP contribution < -0.4 is 5.32 Å². The maximum absolute atomic E-state index is 11.1. The van der Waals surface area contributed by atoms with Crippen molar-refractivity contribution in [3.63, 3.8) is 0 Å².